The fourth-order valence-corrected chi connectivity index (χ4v) is 1.38. The second kappa shape index (κ2) is 4.65. The highest BCUT2D eigenvalue weighted by molar-refractivity contribution is 5.78. The fourth-order valence-electron chi connectivity index (χ4n) is 1.38. The number of aliphatic hydroxyl groups excluding tert-OH is 1. The van der Waals surface area contributed by atoms with Crippen molar-refractivity contribution in [3.63, 3.8) is 0 Å². The van der Waals surface area contributed by atoms with E-state index in [0.29, 0.717) is 5.95 Å². The molecule has 2 rings (SSSR count). The molecule has 3 N–H and O–H groups in total. The van der Waals surface area contributed by atoms with E-state index in [-0.39, 0.29) is 13.2 Å². The molecule has 17 heavy (non-hydrogen) atoms. The van der Waals surface area contributed by atoms with Gasteiger partial charge in [-0.1, -0.05) is 18.2 Å². The Morgan fingerprint density at radius 1 is 1.35 bits per heavy atom. The van der Waals surface area contributed by atoms with E-state index in [1.807, 2.05) is 24.3 Å². The molecule has 0 fully saturated rings. The predicted octanol–water partition coefficient (Wildman–Crippen LogP) is 0.785. The van der Waals surface area contributed by atoms with E-state index in [0.717, 1.165) is 10.9 Å². The van der Waals surface area contributed by atoms with Crippen molar-refractivity contribution in [2.24, 2.45) is 0 Å². The second-order valence-corrected chi connectivity index (χ2v) is 4.26. The fraction of sp³-hybridized carbons (Fsp3) is 0.333. The molecular formula is C12H15N3O2. The molecular weight excluding hydrogens is 218 g/mol. The number of nitrogens with zero attached hydrogens (tertiary/aromatic N) is 2. The molecule has 90 valence electrons. The standard InChI is InChI=1S/C12H15N3O2/c1-12(17,8-16)7-14-11-13-6-9-4-2-3-5-10(9)15-11/h2-6,16-17H,7-8H2,1H3,(H,13,14,15). The molecule has 0 amide bonds. The molecule has 0 aliphatic heterocycles. The van der Waals surface area contributed by atoms with E-state index in [9.17, 15) is 5.11 Å². The van der Waals surface area contributed by atoms with Crippen LogP contribution in [0.15, 0.2) is 30.5 Å². The smallest absolute Gasteiger partial charge is 0.223 e. The second-order valence-electron chi connectivity index (χ2n) is 4.26. The Bertz CT molecular complexity index is 514. The summed E-state index contributed by atoms with van der Waals surface area (Å²) < 4.78 is 0. The van der Waals surface area contributed by atoms with E-state index in [2.05, 4.69) is 15.3 Å². The Kier molecular flexibility index (Phi) is 3.21. The Morgan fingerprint density at radius 3 is 2.88 bits per heavy atom. The van der Waals surface area contributed by atoms with Crippen LogP contribution < -0.4 is 5.32 Å². The Hall–Kier alpha value is -1.72. The van der Waals surface area contributed by atoms with Gasteiger partial charge in [0.25, 0.3) is 0 Å². The highest BCUT2D eigenvalue weighted by Gasteiger charge is 2.18. The summed E-state index contributed by atoms with van der Waals surface area (Å²) in [5.41, 5.74) is -0.330. The Morgan fingerprint density at radius 2 is 2.12 bits per heavy atom. The zero-order valence-electron chi connectivity index (χ0n) is 9.59. The Labute approximate surface area is 99.2 Å². The van der Waals surface area contributed by atoms with Gasteiger partial charge >= 0.3 is 0 Å². The first-order valence-electron chi connectivity index (χ1n) is 5.40. The van der Waals surface area contributed by atoms with Crippen molar-refractivity contribution >= 4 is 16.9 Å². The molecule has 0 aliphatic carbocycles. The van der Waals surface area contributed by atoms with Crippen LogP contribution >= 0.6 is 0 Å². The summed E-state index contributed by atoms with van der Waals surface area (Å²) in [7, 11) is 0. The lowest BCUT2D eigenvalue weighted by Gasteiger charge is -2.20. The maximum Gasteiger partial charge on any atom is 0.223 e. The first kappa shape index (κ1) is 11.8. The third-order valence-corrected chi connectivity index (χ3v) is 2.46. The van der Waals surface area contributed by atoms with Crippen molar-refractivity contribution in [1.82, 2.24) is 9.97 Å². The number of aliphatic hydroxyl groups is 2. The van der Waals surface area contributed by atoms with Crippen LogP contribution in [0.2, 0.25) is 0 Å². The summed E-state index contributed by atoms with van der Waals surface area (Å²) >= 11 is 0. The molecule has 5 nitrogen and oxygen atoms in total. The molecule has 5 heteroatoms. The average Bonchev–Trinajstić information content (AvgIpc) is 2.36. The third-order valence-electron chi connectivity index (χ3n) is 2.46. The van der Waals surface area contributed by atoms with Crippen molar-refractivity contribution in [2.75, 3.05) is 18.5 Å². The monoisotopic (exact) mass is 233 g/mol. The zero-order chi connectivity index (χ0) is 12.3. The van der Waals surface area contributed by atoms with E-state index in [4.69, 9.17) is 5.11 Å². The molecule has 1 heterocycles. The van der Waals surface area contributed by atoms with E-state index >= 15 is 0 Å². The number of hydrogen-bond donors (Lipinski definition) is 3. The van der Waals surface area contributed by atoms with Crippen LogP contribution in [0, 0.1) is 0 Å². The molecule has 1 atom stereocenters. The number of hydrogen-bond acceptors (Lipinski definition) is 5. The number of anilines is 1. The van der Waals surface area contributed by atoms with Gasteiger partial charge in [0.2, 0.25) is 5.95 Å². The maximum atomic E-state index is 9.63. The zero-order valence-corrected chi connectivity index (χ0v) is 9.59. The lowest BCUT2D eigenvalue weighted by Crippen LogP contribution is -2.37. The highest BCUT2D eigenvalue weighted by Crippen LogP contribution is 2.12. The minimum atomic E-state index is -1.17. The quantitative estimate of drug-likeness (QED) is 0.727. The van der Waals surface area contributed by atoms with E-state index in [1.54, 1.807) is 13.1 Å². The van der Waals surface area contributed by atoms with Gasteiger partial charge in [-0.05, 0) is 13.0 Å². The SMILES string of the molecule is CC(O)(CO)CNc1ncc2ccccc2n1. The largest absolute Gasteiger partial charge is 0.393 e. The number of rotatable bonds is 4. The predicted molar refractivity (Wildman–Crippen MR) is 65.7 cm³/mol. The van der Waals surface area contributed by atoms with Crippen molar-refractivity contribution in [3.05, 3.63) is 30.5 Å². The summed E-state index contributed by atoms with van der Waals surface area (Å²) in [5.74, 6) is 0.442. The van der Waals surface area contributed by atoms with Crippen LogP contribution in [0.25, 0.3) is 10.9 Å². The Balaban J connectivity index is 2.14. The third kappa shape index (κ3) is 2.89. The summed E-state index contributed by atoms with van der Waals surface area (Å²) in [6, 6.07) is 7.66. The minimum absolute atomic E-state index is 0.196. The lowest BCUT2D eigenvalue weighted by atomic mass is 10.1. The van der Waals surface area contributed by atoms with Crippen LogP contribution in [-0.4, -0.2) is 38.9 Å². The highest BCUT2D eigenvalue weighted by atomic mass is 16.3. The van der Waals surface area contributed by atoms with Crippen molar-refractivity contribution < 1.29 is 10.2 Å². The van der Waals surface area contributed by atoms with E-state index < -0.39 is 5.60 Å². The molecule has 2 aromatic rings. The van der Waals surface area contributed by atoms with Gasteiger partial charge in [0.05, 0.1) is 12.1 Å². The van der Waals surface area contributed by atoms with Crippen molar-refractivity contribution in [1.29, 1.82) is 0 Å². The minimum Gasteiger partial charge on any atom is -0.393 e. The van der Waals surface area contributed by atoms with Crippen LogP contribution in [0.3, 0.4) is 0 Å². The van der Waals surface area contributed by atoms with Crippen LogP contribution in [-0.2, 0) is 0 Å². The molecule has 0 aliphatic rings. The van der Waals surface area contributed by atoms with Crippen molar-refractivity contribution in [2.45, 2.75) is 12.5 Å². The van der Waals surface area contributed by atoms with Gasteiger partial charge in [0.15, 0.2) is 0 Å². The number of benzene rings is 1. The number of aromatic nitrogens is 2. The normalized spacial score (nSPS) is 14.5. The van der Waals surface area contributed by atoms with Gasteiger partial charge in [-0.25, -0.2) is 9.97 Å². The maximum absolute atomic E-state index is 9.63. The van der Waals surface area contributed by atoms with Crippen LogP contribution in [0.5, 0.6) is 0 Å². The first-order chi connectivity index (χ1) is 8.11. The molecule has 0 bridgehead atoms. The van der Waals surface area contributed by atoms with Crippen molar-refractivity contribution in [3.8, 4) is 0 Å². The topological polar surface area (TPSA) is 78.3 Å². The number of para-hydroxylation sites is 1. The molecule has 1 aromatic heterocycles. The molecule has 0 saturated carbocycles. The molecule has 0 spiro atoms. The van der Waals surface area contributed by atoms with Gasteiger partial charge in [-0.3, -0.25) is 0 Å². The average molecular weight is 233 g/mol. The summed E-state index contributed by atoms with van der Waals surface area (Å²) in [6.07, 6.45) is 1.72. The van der Waals surface area contributed by atoms with Gasteiger partial charge in [-0.2, -0.15) is 0 Å². The lowest BCUT2D eigenvalue weighted by molar-refractivity contribution is 0.0131. The molecule has 0 radical (unpaired) electrons. The molecule has 1 unspecified atom stereocenters. The molecule has 1 aromatic carbocycles. The van der Waals surface area contributed by atoms with Gasteiger partial charge in [0.1, 0.15) is 5.60 Å². The van der Waals surface area contributed by atoms with Gasteiger partial charge in [-0.15, -0.1) is 0 Å². The number of nitrogens with one attached hydrogen (secondary N) is 1. The summed E-state index contributed by atoms with van der Waals surface area (Å²) in [4.78, 5) is 8.43. The van der Waals surface area contributed by atoms with Gasteiger partial charge < -0.3 is 15.5 Å². The summed E-state index contributed by atoms with van der Waals surface area (Å²) in [6.45, 7) is 1.43. The van der Waals surface area contributed by atoms with Gasteiger partial charge in [0, 0.05) is 18.1 Å². The summed E-state index contributed by atoms with van der Waals surface area (Å²) in [5, 5.41) is 22.4. The number of fused-ring (bicyclic) bond motifs is 1. The molecule has 0 saturated heterocycles. The van der Waals surface area contributed by atoms with E-state index in [1.165, 1.54) is 0 Å². The van der Waals surface area contributed by atoms with Crippen LogP contribution in [0.4, 0.5) is 5.95 Å². The van der Waals surface area contributed by atoms with Crippen LogP contribution in [0.1, 0.15) is 6.92 Å². The first-order valence-corrected chi connectivity index (χ1v) is 5.40.